The summed E-state index contributed by atoms with van der Waals surface area (Å²) in [5.41, 5.74) is 3.73. The van der Waals surface area contributed by atoms with Gasteiger partial charge in [0.25, 0.3) is 0 Å². The molecule has 1 aliphatic rings. The molecule has 0 fully saturated rings. The average Bonchev–Trinajstić information content (AvgIpc) is 2.76. The molecule has 34 heavy (non-hydrogen) atoms. The largest absolute Gasteiger partial charge is 0.460 e. The van der Waals surface area contributed by atoms with E-state index >= 15 is 0 Å². The van der Waals surface area contributed by atoms with Gasteiger partial charge in [-0.1, -0.05) is 61.4 Å². The molecule has 1 aliphatic carbocycles. The molecule has 1 unspecified atom stereocenters. The quantitative estimate of drug-likeness (QED) is 0.112. The van der Waals surface area contributed by atoms with Gasteiger partial charge in [0.1, 0.15) is 6.61 Å². The Morgan fingerprint density at radius 1 is 1.00 bits per heavy atom. The molecular formula is C28H44O6. The van der Waals surface area contributed by atoms with Crippen molar-refractivity contribution < 1.29 is 28.8 Å². The highest BCUT2D eigenvalue weighted by atomic mass is 16.6. The second-order valence-corrected chi connectivity index (χ2v) is 9.20. The second-order valence-electron chi connectivity index (χ2n) is 9.20. The van der Waals surface area contributed by atoms with E-state index in [0.717, 1.165) is 5.57 Å². The van der Waals surface area contributed by atoms with E-state index in [2.05, 4.69) is 45.9 Å². The van der Waals surface area contributed by atoms with E-state index in [4.69, 9.17) is 24.1 Å². The van der Waals surface area contributed by atoms with Crippen molar-refractivity contribution in [3.05, 3.63) is 59.3 Å². The van der Waals surface area contributed by atoms with Gasteiger partial charge >= 0.3 is 5.97 Å². The van der Waals surface area contributed by atoms with Crippen molar-refractivity contribution in [1.82, 2.24) is 0 Å². The van der Waals surface area contributed by atoms with Gasteiger partial charge in [-0.05, 0) is 44.6 Å². The highest BCUT2D eigenvalue weighted by Crippen LogP contribution is 2.41. The van der Waals surface area contributed by atoms with E-state index < -0.39 is 0 Å². The number of aliphatic hydroxyl groups excluding tert-OH is 1. The van der Waals surface area contributed by atoms with Crippen LogP contribution in [0.5, 0.6) is 0 Å². The highest BCUT2D eigenvalue weighted by Gasteiger charge is 2.30. The van der Waals surface area contributed by atoms with Crippen molar-refractivity contribution in [2.75, 3.05) is 52.9 Å². The second kappa shape index (κ2) is 17.4. The number of carbonyl (C=O) groups is 1. The molecule has 1 atom stereocenters. The predicted octanol–water partition coefficient (Wildman–Crippen LogP) is 4.96. The van der Waals surface area contributed by atoms with Gasteiger partial charge in [0, 0.05) is 12.0 Å². The minimum Gasteiger partial charge on any atom is -0.460 e. The fourth-order valence-corrected chi connectivity index (χ4v) is 3.72. The van der Waals surface area contributed by atoms with Crippen LogP contribution in [0.15, 0.2) is 59.3 Å². The normalized spacial score (nSPS) is 19.1. The summed E-state index contributed by atoms with van der Waals surface area (Å²) in [4.78, 5) is 11.9. The molecule has 0 saturated heterocycles. The Bertz CT molecular complexity index is 742. The monoisotopic (exact) mass is 476 g/mol. The number of allylic oxidation sites excluding steroid dienone is 9. The summed E-state index contributed by atoms with van der Waals surface area (Å²) >= 11 is 0. The van der Waals surface area contributed by atoms with Crippen LogP contribution in [0, 0.1) is 11.3 Å². The Labute approximate surface area is 206 Å². The number of carbonyl (C=O) groups excluding carboxylic acids is 1. The Morgan fingerprint density at radius 3 is 2.24 bits per heavy atom. The van der Waals surface area contributed by atoms with Crippen LogP contribution in [-0.4, -0.2) is 63.9 Å². The van der Waals surface area contributed by atoms with Crippen molar-refractivity contribution in [2.45, 2.75) is 47.5 Å². The first-order chi connectivity index (χ1) is 16.3. The molecule has 6 nitrogen and oxygen atoms in total. The molecule has 0 aromatic carbocycles. The first-order valence-electron chi connectivity index (χ1n) is 12.1. The maximum absolute atomic E-state index is 11.9. The van der Waals surface area contributed by atoms with Crippen LogP contribution >= 0.6 is 0 Å². The van der Waals surface area contributed by atoms with Crippen LogP contribution in [0.4, 0.5) is 0 Å². The third-order valence-corrected chi connectivity index (χ3v) is 5.65. The summed E-state index contributed by atoms with van der Waals surface area (Å²) in [6.07, 6.45) is 16.6. The Balaban J connectivity index is 2.26. The molecule has 0 radical (unpaired) electrons. The first-order valence-corrected chi connectivity index (χ1v) is 12.1. The smallest absolute Gasteiger partial charge is 0.331 e. The summed E-state index contributed by atoms with van der Waals surface area (Å²) in [6.45, 7) is 13.5. The van der Waals surface area contributed by atoms with Crippen LogP contribution in [0.25, 0.3) is 0 Å². The lowest BCUT2D eigenvalue weighted by Crippen LogP contribution is -2.26. The third-order valence-electron chi connectivity index (χ3n) is 5.65. The maximum Gasteiger partial charge on any atom is 0.331 e. The van der Waals surface area contributed by atoms with E-state index in [0.29, 0.717) is 51.0 Å². The Kier molecular flexibility index (Phi) is 15.4. The zero-order valence-corrected chi connectivity index (χ0v) is 21.7. The number of rotatable bonds is 16. The molecule has 0 spiro atoms. The average molecular weight is 477 g/mol. The number of hydrogen-bond donors (Lipinski definition) is 1. The zero-order chi connectivity index (χ0) is 25.2. The molecule has 1 N–H and O–H groups in total. The van der Waals surface area contributed by atoms with Gasteiger partial charge in [-0.15, -0.1) is 0 Å². The molecular weight excluding hydrogens is 432 g/mol. The molecule has 0 aromatic heterocycles. The summed E-state index contributed by atoms with van der Waals surface area (Å²) < 4.78 is 20.9. The van der Waals surface area contributed by atoms with Crippen molar-refractivity contribution in [3.63, 3.8) is 0 Å². The Hall–Kier alpha value is -1.99. The third kappa shape index (κ3) is 13.7. The lowest BCUT2D eigenvalue weighted by molar-refractivity contribution is -0.139. The van der Waals surface area contributed by atoms with E-state index in [9.17, 15) is 4.79 Å². The van der Waals surface area contributed by atoms with Crippen LogP contribution < -0.4 is 0 Å². The summed E-state index contributed by atoms with van der Waals surface area (Å²) in [7, 11) is 0. The van der Waals surface area contributed by atoms with Gasteiger partial charge < -0.3 is 24.1 Å². The van der Waals surface area contributed by atoms with Gasteiger partial charge in [-0.3, -0.25) is 0 Å². The molecule has 0 aromatic rings. The van der Waals surface area contributed by atoms with Gasteiger partial charge in [-0.25, -0.2) is 4.79 Å². The van der Waals surface area contributed by atoms with E-state index in [1.54, 1.807) is 0 Å². The number of esters is 1. The maximum atomic E-state index is 11.9. The lowest BCUT2D eigenvalue weighted by atomic mass is 9.68. The number of aliphatic hydroxyl groups is 1. The van der Waals surface area contributed by atoms with E-state index in [-0.39, 0.29) is 19.2 Å². The molecule has 0 aliphatic heterocycles. The van der Waals surface area contributed by atoms with Gasteiger partial charge in [0.05, 0.1) is 46.2 Å². The minimum atomic E-state index is -0.384. The standard InChI is InChI=1S/C28H44O6/c1-23(11-12-26-25(3)10-7-13-28(26,4)5)8-6-9-24(2)22-27(30)34-21-20-33-19-18-32-17-16-31-15-14-29/h6,8-12,22,26,29H,7,13-21H2,1-5H3. The Morgan fingerprint density at radius 2 is 1.62 bits per heavy atom. The topological polar surface area (TPSA) is 74.2 Å². The first kappa shape index (κ1) is 30.0. The van der Waals surface area contributed by atoms with Crippen LogP contribution in [0.1, 0.15) is 47.5 Å². The van der Waals surface area contributed by atoms with Crippen LogP contribution in [-0.2, 0) is 23.7 Å². The fraction of sp³-hybridized carbons (Fsp3) is 0.607. The molecule has 6 heteroatoms. The number of ether oxygens (including phenoxy) is 4. The van der Waals surface area contributed by atoms with Crippen molar-refractivity contribution in [2.24, 2.45) is 11.3 Å². The predicted molar refractivity (Wildman–Crippen MR) is 137 cm³/mol. The molecule has 0 heterocycles. The molecule has 1 rings (SSSR count). The summed E-state index contributed by atoms with van der Waals surface area (Å²) in [5.74, 6) is 0.0869. The van der Waals surface area contributed by atoms with Gasteiger partial charge in [-0.2, -0.15) is 0 Å². The van der Waals surface area contributed by atoms with E-state index in [1.165, 1.54) is 30.1 Å². The summed E-state index contributed by atoms with van der Waals surface area (Å²) in [5, 5.41) is 8.58. The summed E-state index contributed by atoms with van der Waals surface area (Å²) in [6, 6.07) is 0. The number of hydrogen-bond acceptors (Lipinski definition) is 6. The van der Waals surface area contributed by atoms with Crippen molar-refractivity contribution in [1.29, 1.82) is 0 Å². The zero-order valence-electron chi connectivity index (χ0n) is 21.7. The highest BCUT2D eigenvalue weighted by molar-refractivity contribution is 5.83. The van der Waals surface area contributed by atoms with Crippen molar-refractivity contribution >= 4 is 5.97 Å². The van der Waals surface area contributed by atoms with E-state index in [1.807, 2.05) is 25.2 Å². The fourth-order valence-electron chi connectivity index (χ4n) is 3.72. The molecule has 0 amide bonds. The molecule has 192 valence electrons. The molecule has 0 saturated carbocycles. The SMILES string of the molecule is CC(C=CC1C(C)=CCCC1(C)C)=CC=CC(C)=CC(=O)OCCOCCOCCOCCO. The van der Waals surface area contributed by atoms with Crippen LogP contribution in [0.2, 0.25) is 0 Å². The van der Waals surface area contributed by atoms with Crippen molar-refractivity contribution in [3.8, 4) is 0 Å². The molecule has 0 bridgehead atoms. The van der Waals surface area contributed by atoms with Gasteiger partial charge in [0.15, 0.2) is 0 Å². The lowest BCUT2D eigenvalue weighted by Gasteiger charge is -2.36. The minimum absolute atomic E-state index is 0.0121. The van der Waals surface area contributed by atoms with Gasteiger partial charge in [0.2, 0.25) is 0 Å². The van der Waals surface area contributed by atoms with Crippen LogP contribution in [0.3, 0.4) is 0 Å².